The molecule has 0 aromatic carbocycles. The number of quaternary nitrogens is 2. The summed E-state index contributed by atoms with van der Waals surface area (Å²) < 4.78 is 34.1. The summed E-state index contributed by atoms with van der Waals surface area (Å²) in [6.45, 7) is 0. The van der Waals surface area contributed by atoms with Crippen LogP contribution in [0.25, 0.3) is 0 Å². The van der Waals surface area contributed by atoms with E-state index >= 15 is 0 Å². The molecule has 0 aliphatic heterocycles. The van der Waals surface area contributed by atoms with E-state index in [4.69, 9.17) is 17.5 Å². The number of rotatable bonds is 0. The molecule has 0 saturated carbocycles. The van der Waals surface area contributed by atoms with Crippen LogP contribution in [0.1, 0.15) is 0 Å². The molecule has 0 radical (unpaired) electrons. The molecule has 0 spiro atoms. The zero-order valence-corrected chi connectivity index (χ0v) is 8.53. The van der Waals surface area contributed by atoms with Gasteiger partial charge in [-0.25, -0.2) is 0 Å². The van der Waals surface area contributed by atoms with Gasteiger partial charge in [-0.1, -0.05) is 0 Å². The highest BCUT2D eigenvalue weighted by atomic mass is 35.5. The Bertz CT molecular complexity index is 102. The molecular weight excluding hydrogens is 230 g/mol. The first-order valence-corrected chi connectivity index (χ1v) is 2.00. The highest BCUT2D eigenvalue weighted by molar-refractivity contribution is 7.79. The zero-order valence-electron chi connectivity index (χ0n) is 5.27. The normalized spacial score (nSPS) is 5.80. The predicted octanol–water partition coefficient (Wildman–Crippen LogP) is 0.680. The molecule has 0 heterocycles. The van der Waals surface area contributed by atoms with E-state index in [0.29, 0.717) is 0 Å². The largest absolute Gasteiger partial charge is 0.759 e. The van der Waals surface area contributed by atoms with Gasteiger partial charge in [0.2, 0.25) is 0 Å². The summed E-state index contributed by atoms with van der Waals surface area (Å²) in [5, 5.41) is 0. The second kappa shape index (κ2) is 16.3. The minimum atomic E-state index is -5.17. The molecule has 6 nitrogen and oxygen atoms in total. The fraction of sp³-hybridized carbons (Fsp3) is 0. The lowest BCUT2D eigenvalue weighted by atomic mass is 14.0. The maximum Gasteiger partial charge on any atom is 0.0311 e. The highest BCUT2D eigenvalue weighted by Crippen LogP contribution is 1.57. The minimum absolute atomic E-state index is 0. The molecule has 10 heteroatoms. The topological polar surface area (TPSA) is 153 Å². The molecule has 0 aliphatic carbocycles. The van der Waals surface area contributed by atoms with Crippen molar-refractivity contribution in [2.45, 2.75) is 0 Å². The van der Waals surface area contributed by atoms with Gasteiger partial charge >= 0.3 is 0 Å². The third-order valence-corrected chi connectivity index (χ3v) is 0. The number of hydrogen-bond acceptors (Lipinski definition) is 4. The molecule has 0 unspecified atom stereocenters. The molecule has 0 fully saturated rings. The Morgan fingerprint density at radius 1 is 0.800 bits per heavy atom. The maximum atomic E-state index is 8.52. The van der Waals surface area contributed by atoms with E-state index in [1.54, 1.807) is 0 Å². The molecule has 0 saturated heterocycles. The van der Waals surface area contributed by atoms with E-state index < -0.39 is 10.4 Å². The van der Waals surface area contributed by atoms with E-state index in [1.807, 2.05) is 0 Å². The third kappa shape index (κ3) is 1170. The average molecular weight is 242 g/mol. The summed E-state index contributed by atoms with van der Waals surface area (Å²) in [4.78, 5) is 0. The monoisotopic (exact) mass is 240 g/mol. The minimum Gasteiger partial charge on any atom is -0.759 e. The number of hydrogen-bond donors (Lipinski definition) is 2. The van der Waals surface area contributed by atoms with Gasteiger partial charge in [-0.2, -0.15) is 0 Å². The van der Waals surface area contributed by atoms with Crippen molar-refractivity contribution in [2.24, 2.45) is 0 Å². The Morgan fingerprint density at radius 3 is 0.800 bits per heavy atom. The van der Waals surface area contributed by atoms with Crippen LogP contribution < -0.4 is 12.3 Å². The standard InChI is InChI=1S/3ClH.2H3N.H2O4S/c;;;;;1-5(2,3)4/h3*1H;2*1H3;(H2,1,2,3,4). The van der Waals surface area contributed by atoms with Gasteiger partial charge in [0.05, 0.1) is 0 Å². The highest BCUT2D eigenvalue weighted by Gasteiger charge is 1.49. The smallest absolute Gasteiger partial charge is 0.0311 e. The molecular formula is H11Cl3N2O4S. The van der Waals surface area contributed by atoms with Crippen molar-refractivity contribution in [1.82, 2.24) is 12.3 Å². The first-order valence-electron chi connectivity index (χ1n) is 0.667. The van der Waals surface area contributed by atoms with Gasteiger partial charge in [-0.15, -0.1) is 37.2 Å². The SMILES string of the molecule is Cl.Cl.Cl.O=S(=O)([O-])[O-].[NH4+].[NH4+]. The Kier molecular flexibility index (Phi) is 74.8. The fourth-order valence-electron chi connectivity index (χ4n) is 0. The lowest BCUT2D eigenvalue weighted by Gasteiger charge is -2.06. The molecule has 0 bridgehead atoms. The van der Waals surface area contributed by atoms with E-state index in [1.165, 1.54) is 0 Å². The second-order valence-electron chi connectivity index (χ2n) is 0.408. The predicted molar refractivity (Wildman–Crippen MR) is 44.2 cm³/mol. The molecule has 72 valence electrons. The molecule has 0 atom stereocenters. The summed E-state index contributed by atoms with van der Waals surface area (Å²) in [5.74, 6) is 0. The Hall–Kier alpha value is 0.660. The molecule has 0 aromatic heterocycles. The van der Waals surface area contributed by atoms with Crippen LogP contribution in [-0.4, -0.2) is 17.5 Å². The van der Waals surface area contributed by atoms with E-state index in [9.17, 15) is 0 Å². The zero-order chi connectivity index (χ0) is 4.50. The van der Waals surface area contributed by atoms with Crippen LogP contribution in [-0.2, 0) is 10.4 Å². The lowest BCUT2D eigenvalue weighted by Crippen LogP contribution is -1.91. The van der Waals surface area contributed by atoms with Crippen LogP contribution in [0.5, 0.6) is 0 Å². The summed E-state index contributed by atoms with van der Waals surface area (Å²) >= 11 is 0. The van der Waals surface area contributed by atoms with Crippen molar-refractivity contribution in [3.05, 3.63) is 0 Å². The fourth-order valence-corrected chi connectivity index (χ4v) is 0. The first kappa shape index (κ1) is 45.8. The molecule has 8 N–H and O–H groups in total. The van der Waals surface area contributed by atoms with Gasteiger partial charge in [0, 0.05) is 10.4 Å². The summed E-state index contributed by atoms with van der Waals surface area (Å²) in [5.41, 5.74) is 0. The van der Waals surface area contributed by atoms with Crippen LogP contribution in [0.3, 0.4) is 0 Å². The van der Waals surface area contributed by atoms with Crippen LogP contribution in [0.2, 0.25) is 0 Å². The Labute approximate surface area is 77.7 Å². The van der Waals surface area contributed by atoms with Crippen LogP contribution in [0.4, 0.5) is 0 Å². The second-order valence-corrected chi connectivity index (χ2v) is 1.22. The van der Waals surface area contributed by atoms with Crippen molar-refractivity contribution in [2.75, 3.05) is 0 Å². The van der Waals surface area contributed by atoms with Gasteiger partial charge in [-0.3, -0.25) is 8.42 Å². The van der Waals surface area contributed by atoms with Gasteiger partial charge in [0.15, 0.2) is 0 Å². The van der Waals surface area contributed by atoms with Crippen molar-refractivity contribution in [3.8, 4) is 0 Å². The molecule has 0 aliphatic rings. The quantitative estimate of drug-likeness (QED) is 0.472. The number of halogens is 3. The van der Waals surface area contributed by atoms with Crippen molar-refractivity contribution < 1.29 is 17.5 Å². The van der Waals surface area contributed by atoms with Gasteiger partial charge < -0.3 is 21.4 Å². The Morgan fingerprint density at radius 2 is 0.800 bits per heavy atom. The van der Waals surface area contributed by atoms with Gasteiger partial charge in [-0.05, 0) is 0 Å². The Balaban J connectivity index is -0.00000000800. The van der Waals surface area contributed by atoms with Crippen molar-refractivity contribution in [3.63, 3.8) is 0 Å². The van der Waals surface area contributed by atoms with Gasteiger partial charge in [0.25, 0.3) is 0 Å². The van der Waals surface area contributed by atoms with Gasteiger partial charge in [0.1, 0.15) is 0 Å². The van der Waals surface area contributed by atoms with Crippen molar-refractivity contribution in [1.29, 1.82) is 0 Å². The van der Waals surface area contributed by atoms with Crippen LogP contribution in [0, 0.1) is 0 Å². The third-order valence-electron chi connectivity index (χ3n) is 0. The first-order chi connectivity index (χ1) is 2.00. The molecule has 0 rings (SSSR count). The molecule has 0 amide bonds. The molecule has 10 heavy (non-hydrogen) atoms. The summed E-state index contributed by atoms with van der Waals surface area (Å²) in [7, 11) is -5.17. The van der Waals surface area contributed by atoms with Crippen molar-refractivity contribution >= 4 is 47.6 Å². The molecule has 0 aromatic rings. The maximum absolute atomic E-state index is 8.52. The van der Waals surface area contributed by atoms with Crippen LogP contribution >= 0.6 is 37.2 Å². The average Bonchev–Trinajstić information content (AvgIpc) is 0.722. The summed E-state index contributed by atoms with van der Waals surface area (Å²) in [6, 6.07) is 0. The lowest BCUT2D eigenvalue weighted by molar-refractivity contribution is 0.352. The van der Waals surface area contributed by atoms with E-state index in [2.05, 4.69) is 0 Å². The van der Waals surface area contributed by atoms with E-state index in [0.717, 1.165) is 0 Å². The van der Waals surface area contributed by atoms with Crippen LogP contribution in [0.15, 0.2) is 0 Å². The van der Waals surface area contributed by atoms with E-state index in [-0.39, 0.29) is 49.5 Å². The summed E-state index contributed by atoms with van der Waals surface area (Å²) in [6.07, 6.45) is 0.